The summed E-state index contributed by atoms with van der Waals surface area (Å²) >= 11 is 0. The molecule has 1 aliphatic carbocycles. The quantitative estimate of drug-likeness (QED) is 0.472. The molecule has 50 valence electrons. The van der Waals surface area contributed by atoms with Crippen molar-refractivity contribution in [2.24, 2.45) is 10.2 Å². The molecule has 0 spiro atoms. The lowest BCUT2D eigenvalue weighted by molar-refractivity contribution is 0.472. The van der Waals surface area contributed by atoms with Crippen LogP contribution in [-0.4, -0.2) is 11.1 Å². The van der Waals surface area contributed by atoms with E-state index < -0.39 is 0 Å². The van der Waals surface area contributed by atoms with Crippen LogP contribution in [0.15, 0.2) is 10.2 Å². The Balaban J connectivity index is 2.37. The summed E-state index contributed by atoms with van der Waals surface area (Å²) in [6.45, 7) is 4.41. The highest BCUT2D eigenvalue weighted by Gasteiger charge is 2.48. The molecule has 0 saturated heterocycles. The summed E-state index contributed by atoms with van der Waals surface area (Å²) in [5.74, 6) is 0. The molecule has 2 atom stereocenters. The molecule has 0 aromatic heterocycles. The van der Waals surface area contributed by atoms with Gasteiger partial charge in [-0.15, -0.1) is 0 Å². The zero-order chi connectivity index (χ0) is 6.54. The van der Waals surface area contributed by atoms with Gasteiger partial charge in [0.05, 0.1) is 11.1 Å². The van der Waals surface area contributed by atoms with E-state index in [1.807, 2.05) is 0 Å². The second-order valence-corrected chi connectivity index (χ2v) is 3.87. The Kier molecular flexibility index (Phi) is 0.719. The van der Waals surface area contributed by atoms with Gasteiger partial charge in [0.15, 0.2) is 0 Å². The van der Waals surface area contributed by atoms with E-state index in [1.54, 1.807) is 0 Å². The average Bonchev–Trinajstić information content (AvgIpc) is 2.19. The van der Waals surface area contributed by atoms with Crippen LogP contribution in [0.3, 0.4) is 0 Å². The third-order valence-electron chi connectivity index (χ3n) is 2.50. The van der Waals surface area contributed by atoms with Crippen molar-refractivity contribution in [1.29, 1.82) is 0 Å². The Labute approximate surface area is 55.4 Å². The van der Waals surface area contributed by atoms with Crippen LogP contribution < -0.4 is 0 Å². The van der Waals surface area contributed by atoms with Gasteiger partial charge in [0, 0.05) is 6.42 Å². The second kappa shape index (κ2) is 1.20. The zero-order valence-electron chi connectivity index (χ0n) is 6.02. The van der Waals surface area contributed by atoms with Gasteiger partial charge in [-0.05, 0) is 26.7 Å². The van der Waals surface area contributed by atoms with Gasteiger partial charge in [-0.2, -0.15) is 10.2 Å². The van der Waals surface area contributed by atoms with Gasteiger partial charge in [0.25, 0.3) is 0 Å². The maximum Gasteiger partial charge on any atom is 0.0812 e. The smallest absolute Gasteiger partial charge is 0.0812 e. The van der Waals surface area contributed by atoms with Crippen molar-refractivity contribution in [1.82, 2.24) is 0 Å². The standard InChI is InChI=1S/C7H12N2/c1-6-3-4-7(2,5-6)9-8-6/h3-5H2,1-2H3. The van der Waals surface area contributed by atoms with E-state index >= 15 is 0 Å². The lowest BCUT2D eigenvalue weighted by atomic mass is 9.99. The molecule has 1 aliphatic heterocycles. The molecule has 2 bridgehead atoms. The molecule has 0 aromatic rings. The second-order valence-electron chi connectivity index (χ2n) is 3.87. The topological polar surface area (TPSA) is 24.7 Å². The Morgan fingerprint density at radius 1 is 1.00 bits per heavy atom. The van der Waals surface area contributed by atoms with E-state index in [9.17, 15) is 0 Å². The van der Waals surface area contributed by atoms with Crippen molar-refractivity contribution in [2.75, 3.05) is 0 Å². The van der Waals surface area contributed by atoms with Gasteiger partial charge < -0.3 is 0 Å². The first-order valence-electron chi connectivity index (χ1n) is 3.56. The number of hydrogen-bond donors (Lipinski definition) is 0. The molecule has 2 heteroatoms. The molecule has 0 amide bonds. The molecule has 0 aromatic carbocycles. The molecule has 2 nitrogen and oxygen atoms in total. The minimum absolute atomic E-state index is 0.231. The van der Waals surface area contributed by atoms with Crippen LogP contribution in [0.25, 0.3) is 0 Å². The largest absolute Gasteiger partial charge is 0.187 e. The minimum Gasteiger partial charge on any atom is -0.187 e. The van der Waals surface area contributed by atoms with Gasteiger partial charge in [-0.1, -0.05) is 0 Å². The molecule has 9 heavy (non-hydrogen) atoms. The van der Waals surface area contributed by atoms with Crippen molar-refractivity contribution < 1.29 is 0 Å². The summed E-state index contributed by atoms with van der Waals surface area (Å²) in [6.07, 6.45) is 3.67. The van der Waals surface area contributed by atoms with Crippen molar-refractivity contribution in [3.8, 4) is 0 Å². The number of rotatable bonds is 0. The molecule has 1 fully saturated rings. The third kappa shape index (κ3) is 0.620. The first-order valence-corrected chi connectivity index (χ1v) is 3.56. The van der Waals surface area contributed by atoms with E-state index in [1.165, 1.54) is 19.3 Å². The Morgan fingerprint density at radius 2 is 1.44 bits per heavy atom. The maximum absolute atomic E-state index is 4.23. The van der Waals surface area contributed by atoms with E-state index in [-0.39, 0.29) is 11.1 Å². The van der Waals surface area contributed by atoms with Crippen molar-refractivity contribution in [2.45, 2.75) is 44.2 Å². The van der Waals surface area contributed by atoms with Crippen LogP contribution in [0.5, 0.6) is 0 Å². The Hall–Kier alpha value is -0.400. The maximum atomic E-state index is 4.23. The number of hydrogen-bond acceptors (Lipinski definition) is 2. The fourth-order valence-electron chi connectivity index (χ4n) is 1.95. The summed E-state index contributed by atoms with van der Waals surface area (Å²) in [7, 11) is 0. The lowest BCUT2D eigenvalue weighted by Crippen LogP contribution is -2.15. The first-order chi connectivity index (χ1) is 4.12. The fraction of sp³-hybridized carbons (Fsp3) is 1.00. The van der Waals surface area contributed by atoms with Gasteiger partial charge >= 0.3 is 0 Å². The van der Waals surface area contributed by atoms with Gasteiger partial charge in [0.2, 0.25) is 0 Å². The molecule has 1 heterocycles. The summed E-state index contributed by atoms with van der Waals surface area (Å²) in [4.78, 5) is 0. The predicted molar refractivity (Wildman–Crippen MR) is 35.5 cm³/mol. The molecule has 2 unspecified atom stereocenters. The van der Waals surface area contributed by atoms with Crippen LogP contribution in [-0.2, 0) is 0 Å². The molecule has 0 N–H and O–H groups in total. The highest BCUT2D eigenvalue weighted by atomic mass is 15.3. The van der Waals surface area contributed by atoms with Crippen LogP contribution in [0.4, 0.5) is 0 Å². The fourth-order valence-corrected chi connectivity index (χ4v) is 1.95. The van der Waals surface area contributed by atoms with E-state index in [0.29, 0.717) is 0 Å². The Morgan fingerprint density at radius 3 is 1.56 bits per heavy atom. The van der Waals surface area contributed by atoms with Crippen LogP contribution >= 0.6 is 0 Å². The van der Waals surface area contributed by atoms with Gasteiger partial charge in [-0.25, -0.2) is 0 Å². The molecule has 1 saturated carbocycles. The lowest BCUT2D eigenvalue weighted by Gasteiger charge is -2.12. The monoisotopic (exact) mass is 124 g/mol. The minimum atomic E-state index is 0.231. The SMILES string of the molecule is CC12CCC(C)(C1)N=N2. The van der Waals surface area contributed by atoms with E-state index in [0.717, 1.165) is 0 Å². The van der Waals surface area contributed by atoms with Crippen molar-refractivity contribution in [3.63, 3.8) is 0 Å². The highest BCUT2D eigenvalue weighted by molar-refractivity contribution is 5.07. The molecule has 2 aliphatic rings. The van der Waals surface area contributed by atoms with E-state index in [4.69, 9.17) is 0 Å². The highest BCUT2D eigenvalue weighted by Crippen LogP contribution is 2.48. The van der Waals surface area contributed by atoms with Crippen LogP contribution in [0.2, 0.25) is 0 Å². The molecule has 0 radical (unpaired) electrons. The first kappa shape index (κ1) is 5.39. The van der Waals surface area contributed by atoms with Gasteiger partial charge in [0.1, 0.15) is 0 Å². The van der Waals surface area contributed by atoms with Crippen LogP contribution in [0.1, 0.15) is 33.1 Å². The normalized spacial score (nSPS) is 54.9. The summed E-state index contributed by atoms with van der Waals surface area (Å²) < 4.78 is 0. The number of fused-ring (bicyclic) bond motifs is 2. The summed E-state index contributed by atoms with van der Waals surface area (Å²) in [5.41, 5.74) is 0.462. The average molecular weight is 124 g/mol. The Bertz CT molecular complexity index is 158. The van der Waals surface area contributed by atoms with Crippen LogP contribution in [0, 0.1) is 0 Å². The van der Waals surface area contributed by atoms with E-state index in [2.05, 4.69) is 24.1 Å². The summed E-state index contributed by atoms with van der Waals surface area (Å²) in [6, 6.07) is 0. The predicted octanol–water partition coefficient (Wildman–Crippen LogP) is 2.15. The summed E-state index contributed by atoms with van der Waals surface area (Å²) in [5, 5.41) is 8.47. The van der Waals surface area contributed by atoms with Crippen molar-refractivity contribution >= 4 is 0 Å². The van der Waals surface area contributed by atoms with Crippen molar-refractivity contribution in [3.05, 3.63) is 0 Å². The van der Waals surface area contributed by atoms with Gasteiger partial charge in [-0.3, -0.25) is 0 Å². The molecule has 2 rings (SSSR count). The number of azo groups is 1. The number of nitrogens with zero attached hydrogens (tertiary/aromatic N) is 2. The third-order valence-corrected chi connectivity index (χ3v) is 2.50. The zero-order valence-corrected chi connectivity index (χ0v) is 6.02. The molecular weight excluding hydrogens is 112 g/mol. The molecular formula is C7H12N2.